The molecule has 3 fully saturated rings. The van der Waals surface area contributed by atoms with Gasteiger partial charge in [-0.1, -0.05) is 30.3 Å². The van der Waals surface area contributed by atoms with Crippen LogP contribution in [0.4, 0.5) is 0 Å². The molecule has 6 heteroatoms. The smallest absolute Gasteiger partial charge is 0.239 e. The quantitative estimate of drug-likeness (QED) is 0.577. The Morgan fingerprint density at radius 1 is 1.03 bits per heavy atom. The zero-order valence-corrected chi connectivity index (χ0v) is 18.6. The van der Waals surface area contributed by atoms with Crippen LogP contribution in [0.2, 0.25) is 0 Å². The highest BCUT2D eigenvalue weighted by molar-refractivity contribution is 5.82. The third-order valence-corrected chi connectivity index (χ3v) is 7.04. The SMILES string of the molecule is CCNC(=NCC1(c2ccccc2)CC1)N1CCN(C(C)C(=O)N2CCCC2)CC1. The van der Waals surface area contributed by atoms with Gasteiger partial charge in [0.05, 0.1) is 12.6 Å². The molecule has 164 valence electrons. The molecule has 0 radical (unpaired) electrons. The molecule has 0 spiro atoms. The lowest BCUT2D eigenvalue weighted by atomic mass is 9.96. The van der Waals surface area contributed by atoms with E-state index in [-0.39, 0.29) is 11.5 Å². The van der Waals surface area contributed by atoms with Crippen molar-refractivity contribution in [3.63, 3.8) is 0 Å². The maximum absolute atomic E-state index is 12.8. The van der Waals surface area contributed by atoms with Gasteiger partial charge in [0.1, 0.15) is 0 Å². The minimum absolute atomic E-state index is 0.0161. The summed E-state index contributed by atoms with van der Waals surface area (Å²) in [6.45, 7) is 11.5. The predicted molar refractivity (Wildman–Crippen MR) is 122 cm³/mol. The Kier molecular flexibility index (Phi) is 6.61. The van der Waals surface area contributed by atoms with E-state index in [1.807, 2.05) is 4.90 Å². The molecule has 1 aromatic rings. The predicted octanol–water partition coefficient (Wildman–Crippen LogP) is 2.31. The van der Waals surface area contributed by atoms with Gasteiger partial charge in [-0.05, 0) is 45.1 Å². The maximum Gasteiger partial charge on any atom is 0.239 e. The van der Waals surface area contributed by atoms with E-state index >= 15 is 0 Å². The number of likely N-dealkylation sites (tertiary alicyclic amines) is 1. The molecule has 30 heavy (non-hydrogen) atoms. The van der Waals surface area contributed by atoms with Gasteiger partial charge >= 0.3 is 0 Å². The summed E-state index contributed by atoms with van der Waals surface area (Å²) in [5.74, 6) is 1.33. The molecule has 1 atom stereocenters. The molecule has 0 aromatic heterocycles. The van der Waals surface area contributed by atoms with Crippen molar-refractivity contribution in [3.05, 3.63) is 35.9 Å². The van der Waals surface area contributed by atoms with Gasteiger partial charge < -0.3 is 15.1 Å². The second-order valence-electron chi connectivity index (χ2n) is 9.05. The normalized spacial score (nSPS) is 22.8. The molecule has 1 aliphatic carbocycles. The summed E-state index contributed by atoms with van der Waals surface area (Å²) < 4.78 is 0. The molecule has 6 nitrogen and oxygen atoms in total. The zero-order chi connectivity index (χ0) is 21.0. The number of carbonyl (C=O) groups is 1. The number of benzene rings is 1. The summed E-state index contributed by atoms with van der Waals surface area (Å²) in [5.41, 5.74) is 1.66. The number of amides is 1. The number of nitrogens with one attached hydrogen (secondary N) is 1. The van der Waals surface area contributed by atoms with E-state index in [9.17, 15) is 4.79 Å². The van der Waals surface area contributed by atoms with Crippen molar-refractivity contribution in [2.45, 2.75) is 51.0 Å². The molecule has 3 aliphatic rings. The lowest BCUT2D eigenvalue weighted by Gasteiger charge is -2.39. The van der Waals surface area contributed by atoms with Crippen LogP contribution in [0.1, 0.15) is 45.1 Å². The number of hydrogen-bond acceptors (Lipinski definition) is 3. The molecule has 2 heterocycles. The Bertz CT molecular complexity index is 731. The zero-order valence-electron chi connectivity index (χ0n) is 18.6. The van der Waals surface area contributed by atoms with Gasteiger partial charge in [-0.25, -0.2) is 0 Å². The third-order valence-electron chi connectivity index (χ3n) is 7.04. The first-order valence-electron chi connectivity index (χ1n) is 11.7. The molecule has 1 N–H and O–H groups in total. The number of guanidine groups is 1. The minimum atomic E-state index is -0.0161. The first kappa shape index (κ1) is 21.2. The van der Waals surface area contributed by atoms with Crippen LogP contribution in [0.3, 0.4) is 0 Å². The second kappa shape index (κ2) is 9.38. The lowest BCUT2D eigenvalue weighted by molar-refractivity contribution is -0.135. The number of rotatable bonds is 6. The van der Waals surface area contributed by atoms with Crippen molar-refractivity contribution in [2.24, 2.45) is 4.99 Å². The molecule has 4 rings (SSSR count). The Morgan fingerprint density at radius 3 is 2.30 bits per heavy atom. The Hall–Kier alpha value is -2.08. The van der Waals surface area contributed by atoms with Crippen LogP contribution in [0.15, 0.2) is 35.3 Å². The molecule has 1 amide bonds. The number of piperazine rings is 1. The van der Waals surface area contributed by atoms with Crippen LogP contribution in [0, 0.1) is 0 Å². The van der Waals surface area contributed by atoms with Crippen LogP contribution >= 0.6 is 0 Å². The molecule has 1 aromatic carbocycles. The van der Waals surface area contributed by atoms with Crippen molar-refractivity contribution in [3.8, 4) is 0 Å². The molecule has 2 saturated heterocycles. The summed E-state index contributed by atoms with van der Waals surface area (Å²) in [6, 6.07) is 10.8. The number of hydrogen-bond donors (Lipinski definition) is 1. The highest BCUT2D eigenvalue weighted by Gasteiger charge is 2.44. The van der Waals surface area contributed by atoms with Crippen LogP contribution in [0.5, 0.6) is 0 Å². The standard InChI is InChI=1S/C24H37N5O/c1-3-25-23(26-19-24(11-12-24)21-9-5-4-6-10-21)29-17-15-27(16-18-29)20(2)22(30)28-13-7-8-14-28/h4-6,9-10,20H,3,7-8,11-19H2,1-2H3,(H,25,26). The van der Waals surface area contributed by atoms with Crippen molar-refractivity contribution >= 4 is 11.9 Å². The first-order chi connectivity index (χ1) is 14.6. The van der Waals surface area contributed by atoms with Crippen molar-refractivity contribution in [2.75, 3.05) is 52.4 Å². The average molecular weight is 412 g/mol. The van der Waals surface area contributed by atoms with E-state index in [2.05, 4.69) is 59.3 Å². The fraction of sp³-hybridized carbons (Fsp3) is 0.667. The third kappa shape index (κ3) is 4.64. The van der Waals surface area contributed by atoms with E-state index < -0.39 is 0 Å². The molecule has 0 bridgehead atoms. The summed E-state index contributed by atoms with van der Waals surface area (Å²) in [6.07, 6.45) is 4.76. The Morgan fingerprint density at radius 2 is 1.70 bits per heavy atom. The maximum atomic E-state index is 12.8. The van der Waals surface area contributed by atoms with Crippen molar-refractivity contribution in [1.82, 2.24) is 20.0 Å². The lowest BCUT2D eigenvalue weighted by Crippen LogP contribution is -2.57. The number of carbonyl (C=O) groups excluding carboxylic acids is 1. The second-order valence-corrected chi connectivity index (χ2v) is 9.05. The van der Waals surface area contributed by atoms with E-state index in [1.54, 1.807) is 0 Å². The fourth-order valence-electron chi connectivity index (χ4n) is 4.81. The van der Waals surface area contributed by atoms with Crippen LogP contribution in [-0.2, 0) is 10.2 Å². The summed E-state index contributed by atoms with van der Waals surface area (Å²) in [4.78, 5) is 24.6. The topological polar surface area (TPSA) is 51.2 Å². The summed E-state index contributed by atoms with van der Waals surface area (Å²) in [7, 11) is 0. The van der Waals surface area contributed by atoms with Crippen LogP contribution in [-0.4, -0.2) is 85.0 Å². The first-order valence-corrected chi connectivity index (χ1v) is 11.7. The fourth-order valence-corrected chi connectivity index (χ4v) is 4.81. The molecular formula is C24H37N5O. The Balaban J connectivity index is 1.34. The van der Waals surface area contributed by atoms with Gasteiger partial charge in [0.15, 0.2) is 5.96 Å². The highest BCUT2D eigenvalue weighted by Crippen LogP contribution is 2.48. The van der Waals surface area contributed by atoms with Gasteiger partial charge in [-0.15, -0.1) is 0 Å². The summed E-state index contributed by atoms with van der Waals surface area (Å²) in [5, 5.41) is 3.50. The van der Waals surface area contributed by atoms with Gasteiger partial charge in [-0.3, -0.25) is 14.7 Å². The largest absolute Gasteiger partial charge is 0.357 e. The monoisotopic (exact) mass is 411 g/mol. The average Bonchev–Trinajstić information content (AvgIpc) is 3.39. The molecule has 1 saturated carbocycles. The van der Waals surface area contributed by atoms with E-state index in [1.165, 1.54) is 18.4 Å². The van der Waals surface area contributed by atoms with E-state index in [0.717, 1.165) is 71.2 Å². The van der Waals surface area contributed by atoms with Gasteiger partial charge in [-0.2, -0.15) is 0 Å². The number of nitrogens with zero attached hydrogens (tertiary/aromatic N) is 4. The van der Waals surface area contributed by atoms with Gasteiger partial charge in [0, 0.05) is 51.2 Å². The molecular weight excluding hydrogens is 374 g/mol. The number of aliphatic imine (C=N–C) groups is 1. The minimum Gasteiger partial charge on any atom is -0.357 e. The van der Waals surface area contributed by atoms with Gasteiger partial charge in [0.25, 0.3) is 0 Å². The Labute approximate surface area is 181 Å². The van der Waals surface area contributed by atoms with E-state index in [4.69, 9.17) is 4.99 Å². The summed E-state index contributed by atoms with van der Waals surface area (Å²) >= 11 is 0. The van der Waals surface area contributed by atoms with Crippen LogP contribution < -0.4 is 5.32 Å². The molecule has 1 unspecified atom stereocenters. The van der Waals surface area contributed by atoms with Crippen LogP contribution in [0.25, 0.3) is 0 Å². The van der Waals surface area contributed by atoms with Gasteiger partial charge in [0.2, 0.25) is 5.91 Å². The molecule has 2 aliphatic heterocycles. The van der Waals surface area contributed by atoms with Crippen molar-refractivity contribution < 1.29 is 4.79 Å². The highest BCUT2D eigenvalue weighted by atomic mass is 16.2. The van der Waals surface area contributed by atoms with Crippen molar-refractivity contribution in [1.29, 1.82) is 0 Å². The van der Waals surface area contributed by atoms with E-state index in [0.29, 0.717) is 5.91 Å².